The van der Waals surface area contributed by atoms with E-state index in [2.05, 4.69) is 15.9 Å². The van der Waals surface area contributed by atoms with Crippen LogP contribution in [0.4, 0.5) is 0 Å². The van der Waals surface area contributed by atoms with E-state index in [1.807, 2.05) is 0 Å². The Labute approximate surface area is 74.1 Å². The molecule has 0 bridgehead atoms. The molecule has 11 heavy (non-hydrogen) atoms. The second-order valence-electron chi connectivity index (χ2n) is 3.95. The highest BCUT2D eigenvalue weighted by Crippen LogP contribution is 2.60. The molecule has 0 aromatic carbocycles. The normalized spacial score (nSPS) is 48.1. The van der Waals surface area contributed by atoms with Crippen LogP contribution in [0.25, 0.3) is 0 Å². The topological polar surface area (TPSA) is 37.3 Å². The molecule has 0 saturated heterocycles. The molecule has 0 radical (unpaired) electrons. The van der Waals surface area contributed by atoms with Gasteiger partial charge in [-0.2, -0.15) is 0 Å². The zero-order valence-electron chi connectivity index (χ0n) is 6.22. The second kappa shape index (κ2) is 2.22. The highest BCUT2D eigenvalue weighted by atomic mass is 79.9. The van der Waals surface area contributed by atoms with Crippen molar-refractivity contribution in [2.24, 2.45) is 11.3 Å². The smallest absolute Gasteiger partial charge is 0.306 e. The van der Waals surface area contributed by atoms with Gasteiger partial charge in [-0.25, -0.2) is 0 Å². The first-order valence-corrected chi connectivity index (χ1v) is 4.90. The van der Waals surface area contributed by atoms with Crippen LogP contribution >= 0.6 is 15.9 Å². The largest absolute Gasteiger partial charge is 0.481 e. The summed E-state index contributed by atoms with van der Waals surface area (Å²) in [4.78, 5) is 11.1. The van der Waals surface area contributed by atoms with Gasteiger partial charge in [0.1, 0.15) is 0 Å². The van der Waals surface area contributed by atoms with Crippen LogP contribution in [0.15, 0.2) is 0 Å². The third kappa shape index (κ3) is 1.10. The van der Waals surface area contributed by atoms with Crippen LogP contribution in [0.5, 0.6) is 0 Å². The lowest BCUT2D eigenvalue weighted by Crippen LogP contribution is -2.50. The summed E-state index contributed by atoms with van der Waals surface area (Å²) in [7, 11) is 0. The van der Waals surface area contributed by atoms with Crippen LogP contribution in [0.2, 0.25) is 0 Å². The lowest BCUT2D eigenvalue weighted by atomic mass is 9.52. The molecule has 0 atom stereocenters. The minimum Gasteiger partial charge on any atom is -0.481 e. The van der Waals surface area contributed by atoms with Crippen LogP contribution in [-0.2, 0) is 4.79 Å². The predicted octanol–water partition coefficient (Wildman–Crippen LogP) is 2.02. The Balaban J connectivity index is 1.84. The lowest BCUT2D eigenvalue weighted by molar-refractivity contribution is -0.153. The number of aliphatic carboxylic acids is 1. The summed E-state index contributed by atoms with van der Waals surface area (Å²) in [5.74, 6) is -0.636. The van der Waals surface area contributed by atoms with Gasteiger partial charge < -0.3 is 5.11 Å². The average molecular weight is 219 g/mol. The Morgan fingerprint density at radius 2 is 1.91 bits per heavy atom. The van der Waals surface area contributed by atoms with Gasteiger partial charge in [0.2, 0.25) is 0 Å². The van der Waals surface area contributed by atoms with Crippen molar-refractivity contribution in [1.82, 2.24) is 0 Å². The van der Waals surface area contributed by atoms with Gasteiger partial charge in [-0.1, -0.05) is 15.9 Å². The van der Waals surface area contributed by atoms with Crippen molar-refractivity contribution in [3.63, 3.8) is 0 Å². The standard InChI is InChI=1S/C8H11BrO2/c9-6-3-8(4-6)1-5(2-8)7(10)11/h5-6H,1-4H2,(H,10,11). The highest BCUT2D eigenvalue weighted by Gasteiger charge is 2.54. The first kappa shape index (κ1) is 7.59. The summed E-state index contributed by atoms with van der Waals surface area (Å²) in [6.07, 6.45) is 4.22. The maximum absolute atomic E-state index is 10.5. The number of carboxylic acid groups (broad SMARTS) is 1. The van der Waals surface area contributed by atoms with Crippen LogP contribution in [0.1, 0.15) is 25.7 Å². The summed E-state index contributed by atoms with van der Waals surface area (Å²) in [6, 6.07) is 0. The van der Waals surface area contributed by atoms with Gasteiger partial charge in [0.25, 0.3) is 0 Å². The molecule has 1 spiro atoms. The third-order valence-electron chi connectivity index (χ3n) is 3.02. The van der Waals surface area contributed by atoms with Gasteiger partial charge in [0.05, 0.1) is 5.92 Å². The second-order valence-corrected chi connectivity index (χ2v) is 5.24. The third-order valence-corrected chi connectivity index (χ3v) is 3.66. The molecule has 2 nitrogen and oxygen atoms in total. The average Bonchev–Trinajstić information content (AvgIpc) is 1.73. The minimum absolute atomic E-state index is 0.0324. The minimum atomic E-state index is -0.603. The number of carboxylic acids is 1. The number of hydrogen-bond acceptors (Lipinski definition) is 1. The molecular formula is C8H11BrO2. The van der Waals surface area contributed by atoms with Crippen molar-refractivity contribution in [1.29, 1.82) is 0 Å². The fraction of sp³-hybridized carbons (Fsp3) is 0.875. The monoisotopic (exact) mass is 218 g/mol. The number of halogens is 1. The molecule has 2 fully saturated rings. The molecule has 0 aromatic heterocycles. The van der Waals surface area contributed by atoms with Crippen molar-refractivity contribution in [2.75, 3.05) is 0 Å². The van der Waals surface area contributed by atoms with Gasteiger partial charge >= 0.3 is 5.97 Å². The van der Waals surface area contributed by atoms with Crippen molar-refractivity contribution in [2.45, 2.75) is 30.5 Å². The van der Waals surface area contributed by atoms with E-state index in [4.69, 9.17) is 5.11 Å². The molecule has 2 rings (SSSR count). The summed E-state index contributed by atoms with van der Waals surface area (Å²) in [5.41, 5.74) is 0.442. The molecule has 2 saturated carbocycles. The molecule has 1 N–H and O–H groups in total. The summed E-state index contributed by atoms with van der Waals surface area (Å²) in [5, 5.41) is 8.64. The zero-order chi connectivity index (χ0) is 8.06. The molecule has 0 aromatic rings. The fourth-order valence-electron chi connectivity index (χ4n) is 2.37. The first-order chi connectivity index (χ1) is 5.11. The SMILES string of the molecule is O=C(O)C1CC2(CC(Br)C2)C1. The van der Waals surface area contributed by atoms with Crippen molar-refractivity contribution in [3.8, 4) is 0 Å². The van der Waals surface area contributed by atoms with E-state index in [0.717, 1.165) is 12.8 Å². The van der Waals surface area contributed by atoms with E-state index in [-0.39, 0.29) is 5.92 Å². The zero-order valence-corrected chi connectivity index (χ0v) is 7.80. The van der Waals surface area contributed by atoms with Gasteiger partial charge in [0.15, 0.2) is 0 Å². The Hall–Kier alpha value is -0.0500. The maximum Gasteiger partial charge on any atom is 0.306 e. The van der Waals surface area contributed by atoms with E-state index in [1.165, 1.54) is 12.8 Å². The van der Waals surface area contributed by atoms with E-state index >= 15 is 0 Å². The molecule has 2 aliphatic carbocycles. The van der Waals surface area contributed by atoms with Crippen molar-refractivity contribution in [3.05, 3.63) is 0 Å². The van der Waals surface area contributed by atoms with E-state index in [0.29, 0.717) is 10.2 Å². The molecule has 0 aliphatic heterocycles. The van der Waals surface area contributed by atoms with E-state index < -0.39 is 5.97 Å². The maximum atomic E-state index is 10.5. The van der Waals surface area contributed by atoms with Gasteiger partial charge in [-0.05, 0) is 31.1 Å². The summed E-state index contributed by atoms with van der Waals surface area (Å²) < 4.78 is 0. The van der Waals surface area contributed by atoms with Crippen LogP contribution < -0.4 is 0 Å². The summed E-state index contributed by atoms with van der Waals surface area (Å²) in [6.45, 7) is 0. The van der Waals surface area contributed by atoms with Crippen LogP contribution in [0, 0.1) is 11.3 Å². The number of carbonyl (C=O) groups is 1. The molecule has 62 valence electrons. The molecule has 0 heterocycles. The lowest BCUT2D eigenvalue weighted by Gasteiger charge is -2.55. The van der Waals surface area contributed by atoms with E-state index in [9.17, 15) is 4.79 Å². The Morgan fingerprint density at radius 1 is 1.36 bits per heavy atom. The van der Waals surface area contributed by atoms with Gasteiger partial charge in [-0.3, -0.25) is 4.79 Å². The Kier molecular flexibility index (Phi) is 1.53. The van der Waals surface area contributed by atoms with Gasteiger partial charge in [-0.15, -0.1) is 0 Å². The fourth-order valence-corrected chi connectivity index (χ4v) is 3.75. The Bertz CT molecular complexity index is 188. The molecular weight excluding hydrogens is 208 g/mol. The van der Waals surface area contributed by atoms with Gasteiger partial charge in [0, 0.05) is 4.83 Å². The molecule has 2 aliphatic rings. The Morgan fingerprint density at radius 3 is 2.27 bits per heavy atom. The van der Waals surface area contributed by atoms with Crippen molar-refractivity contribution < 1.29 is 9.90 Å². The highest BCUT2D eigenvalue weighted by molar-refractivity contribution is 9.09. The molecule has 0 unspecified atom stereocenters. The summed E-state index contributed by atoms with van der Waals surface area (Å²) >= 11 is 3.52. The van der Waals surface area contributed by atoms with Crippen molar-refractivity contribution >= 4 is 21.9 Å². The van der Waals surface area contributed by atoms with Crippen LogP contribution in [-0.4, -0.2) is 15.9 Å². The quantitative estimate of drug-likeness (QED) is 0.685. The first-order valence-electron chi connectivity index (χ1n) is 3.98. The molecule has 3 heteroatoms. The number of alkyl halides is 1. The van der Waals surface area contributed by atoms with Crippen LogP contribution in [0.3, 0.4) is 0 Å². The molecule has 0 amide bonds. The number of rotatable bonds is 1. The van der Waals surface area contributed by atoms with E-state index in [1.54, 1.807) is 0 Å². The number of hydrogen-bond donors (Lipinski definition) is 1. The predicted molar refractivity (Wildman–Crippen MR) is 44.7 cm³/mol.